The first kappa shape index (κ1) is 19.7. The Morgan fingerprint density at radius 1 is 0.600 bits per heavy atom. The second-order valence-electron chi connectivity index (χ2n) is 7.37. The van der Waals surface area contributed by atoms with E-state index >= 15 is 0 Å². The minimum absolute atomic E-state index is 0.0450. The van der Waals surface area contributed by atoms with Crippen LogP contribution in [0.25, 0.3) is 0 Å². The second kappa shape index (κ2) is 9.71. The van der Waals surface area contributed by atoms with Crippen LogP contribution in [0.15, 0.2) is 115 Å². The Kier molecular flexibility index (Phi) is 6.36. The van der Waals surface area contributed by atoms with Gasteiger partial charge in [0.1, 0.15) is 0 Å². The van der Waals surface area contributed by atoms with Gasteiger partial charge in [-0.05, 0) is 41.2 Å². The largest absolute Gasteiger partial charge is 0.341 e. The number of rotatable bonds is 7. The Labute approximate surface area is 178 Å². The Morgan fingerprint density at radius 2 is 1.10 bits per heavy atom. The van der Waals surface area contributed by atoms with Crippen molar-refractivity contribution in [3.8, 4) is 0 Å². The van der Waals surface area contributed by atoms with Gasteiger partial charge in [-0.3, -0.25) is 4.79 Å². The number of hydrogen-bond donors (Lipinski definition) is 1. The normalized spacial score (nSPS) is 10.7. The third-order valence-corrected chi connectivity index (χ3v) is 5.33. The first-order valence-corrected chi connectivity index (χ1v) is 10.3. The minimum Gasteiger partial charge on any atom is -0.341 e. The molecule has 4 rings (SSSR count). The predicted octanol–water partition coefficient (Wildman–Crippen LogP) is 5.99. The highest BCUT2D eigenvalue weighted by Crippen LogP contribution is 2.23. The number of carbonyl (C=O) groups is 1. The summed E-state index contributed by atoms with van der Waals surface area (Å²) in [6.07, 6.45) is 1.74. The fourth-order valence-corrected chi connectivity index (χ4v) is 3.74. The molecule has 0 spiro atoms. The maximum Gasteiger partial charge on any atom is 0.252 e. The van der Waals surface area contributed by atoms with Gasteiger partial charge >= 0.3 is 0 Å². The average molecular weight is 392 g/mol. The van der Waals surface area contributed by atoms with E-state index in [1.807, 2.05) is 60.7 Å². The number of aryl methyl sites for hydroxylation is 2. The number of nitrogens with one attached hydrogen (secondary N) is 1. The molecule has 0 heterocycles. The van der Waals surface area contributed by atoms with Crippen LogP contribution in [-0.2, 0) is 12.8 Å². The standard InChI is InChI=1S/C28H25NO/c30-28(26-19-11-10-14-23(26)21-20-22-12-4-1-5-13-22)29-27(24-15-6-2-7-16-24)25-17-8-3-9-18-25/h1-19,27H,20-21H2,(H,29,30). The number of hydrogen-bond acceptors (Lipinski definition) is 1. The highest BCUT2D eigenvalue weighted by molar-refractivity contribution is 5.96. The molecule has 4 aromatic rings. The first-order chi connectivity index (χ1) is 14.8. The molecule has 0 aliphatic rings. The van der Waals surface area contributed by atoms with Crippen LogP contribution in [0.2, 0.25) is 0 Å². The number of benzene rings is 4. The lowest BCUT2D eigenvalue weighted by Crippen LogP contribution is -2.30. The number of carbonyl (C=O) groups excluding carboxylic acids is 1. The first-order valence-electron chi connectivity index (χ1n) is 10.3. The lowest BCUT2D eigenvalue weighted by molar-refractivity contribution is 0.0942. The van der Waals surface area contributed by atoms with Crippen molar-refractivity contribution in [1.29, 1.82) is 0 Å². The van der Waals surface area contributed by atoms with Gasteiger partial charge in [-0.15, -0.1) is 0 Å². The van der Waals surface area contributed by atoms with Gasteiger partial charge in [0, 0.05) is 5.56 Å². The maximum absolute atomic E-state index is 13.3. The van der Waals surface area contributed by atoms with Crippen molar-refractivity contribution in [2.75, 3.05) is 0 Å². The van der Waals surface area contributed by atoms with E-state index in [1.165, 1.54) is 5.56 Å². The highest BCUT2D eigenvalue weighted by atomic mass is 16.1. The summed E-state index contributed by atoms with van der Waals surface area (Å²) in [4.78, 5) is 13.3. The van der Waals surface area contributed by atoms with Crippen LogP contribution >= 0.6 is 0 Å². The molecule has 30 heavy (non-hydrogen) atoms. The molecule has 0 aliphatic carbocycles. The van der Waals surface area contributed by atoms with E-state index in [9.17, 15) is 4.79 Å². The quantitative estimate of drug-likeness (QED) is 0.412. The molecular formula is C28H25NO. The van der Waals surface area contributed by atoms with Gasteiger partial charge in [0.15, 0.2) is 0 Å². The van der Waals surface area contributed by atoms with Gasteiger partial charge in [-0.2, -0.15) is 0 Å². The summed E-state index contributed by atoms with van der Waals surface area (Å²) in [7, 11) is 0. The van der Waals surface area contributed by atoms with Crippen LogP contribution in [0, 0.1) is 0 Å². The molecule has 1 amide bonds. The lowest BCUT2D eigenvalue weighted by atomic mass is 9.96. The molecule has 0 aliphatic heterocycles. The summed E-state index contributed by atoms with van der Waals surface area (Å²) in [5.41, 5.74) is 5.22. The Balaban J connectivity index is 1.57. The van der Waals surface area contributed by atoms with E-state index < -0.39 is 0 Å². The fraction of sp³-hybridized carbons (Fsp3) is 0.107. The summed E-state index contributed by atoms with van der Waals surface area (Å²) in [5, 5.41) is 3.27. The summed E-state index contributed by atoms with van der Waals surface area (Å²) in [6, 6.07) is 38.3. The van der Waals surface area contributed by atoms with Gasteiger partial charge in [-0.25, -0.2) is 0 Å². The molecule has 4 aromatic carbocycles. The van der Waals surface area contributed by atoms with E-state index in [1.54, 1.807) is 0 Å². The Bertz CT molecular complexity index is 1040. The van der Waals surface area contributed by atoms with Crippen molar-refractivity contribution < 1.29 is 4.79 Å². The van der Waals surface area contributed by atoms with Crippen LogP contribution in [-0.4, -0.2) is 5.91 Å². The summed E-state index contributed by atoms with van der Waals surface area (Å²) >= 11 is 0. The molecule has 0 radical (unpaired) electrons. The molecule has 0 atom stereocenters. The minimum atomic E-state index is -0.193. The predicted molar refractivity (Wildman–Crippen MR) is 122 cm³/mol. The molecule has 0 saturated carbocycles. The summed E-state index contributed by atoms with van der Waals surface area (Å²) in [5.74, 6) is -0.0450. The molecular weight excluding hydrogens is 366 g/mol. The van der Waals surface area contributed by atoms with Crippen molar-refractivity contribution in [2.24, 2.45) is 0 Å². The molecule has 0 unspecified atom stereocenters. The number of amides is 1. The van der Waals surface area contributed by atoms with Gasteiger partial charge in [0.25, 0.3) is 5.91 Å². The van der Waals surface area contributed by atoms with E-state index in [2.05, 4.69) is 59.9 Å². The molecule has 0 fully saturated rings. The van der Waals surface area contributed by atoms with E-state index in [0.717, 1.165) is 35.1 Å². The zero-order valence-electron chi connectivity index (χ0n) is 16.9. The van der Waals surface area contributed by atoms with Crippen LogP contribution in [0.1, 0.15) is 38.7 Å². The van der Waals surface area contributed by atoms with Gasteiger partial charge in [0.05, 0.1) is 6.04 Å². The molecule has 1 N–H and O–H groups in total. The molecule has 2 nitrogen and oxygen atoms in total. The third kappa shape index (κ3) is 4.84. The van der Waals surface area contributed by atoms with Crippen molar-refractivity contribution in [3.05, 3.63) is 143 Å². The van der Waals surface area contributed by atoms with Gasteiger partial charge in [0.2, 0.25) is 0 Å². The summed E-state index contributed by atoms with van der Waals surface area (Å²) in [6.45, 7) is 0. The third-order valence-electron chi connectivity index (χ3n) is 5.33. The van der Waals surface area contributed by atoms with Crippen molar-refractivity contribution in [1.82, 2.24) is 5.32 Å². The topological polar surface area (TPSA) is 29.1 Å². The van der Waals surface area contributed by atoms with Crippen molar-refractivity contribution in [2.45, 2.75) is 18.9 Å². The maximum atomic E-state index is 13.3. The molecule has 0 aromatic heterocycles. The van der Waals surface area contributed by atoms with E-state index in [4.69, 9.17) is 0 Å². The second-order valence-corrected chi connectivity index (χ2v) is 7.37. The lowest BCUT2D eigenvalue weighted by Gasteiger charge is -2.21. The van der Waals surface area contributed by atoms with Gasteiger partial charge < -0.3 is 5.32 Å². The molecule has 148 valence electrons. The van der Waals surface area contributed by atoms with E-state index in [0.29, 0.717) is 0 Å². The molecule has 0 bridgehead atoms. The zero-order chi connectivity index (χ0) is 20.6. The van der Waals surface area contributed by atoms with Crippen molar-refractivity contribution >= 4 is 5.91 Å². The molecule has 0 saturated heterocycles. The van der Waals surface area contributed by atoms with Gasteiger partial charge in [-0.1, -0.05) is 109 Å². The van der Waals surface area contributed by atoms with Crippen molar-refractivity contribution in [3.63, 3.8) is 0 Å². The fourth-order valence-electron chi connectivity index (χ4n) is 3.74. The Hall–Kier alpha value is -3.65. The van der Waals surface area contributed by atoms with Crippen LogP contribution in [0.3, 0.4) is 0 Å². The smallest absolute Gasteiger partial charge is 0.252 e. The van der Waals surface area contributed by atoms with Crippen LogP contribution in [0.4, 0.5) is 0 Å². The Morgan fingerprint density at radius 3 is 1.70 bits per heavy atom. The SMILES string of the molecule is O=C(NC(c1ccccc1)c1ccccc1)c1ccccc1CCc1ccccc1. The zero-order valence-corrected chi connectivity index (χ0v) is 16.9. The van der Waals surface area contributed by atoms with Crippen LogP contribution < -0.4 is 5.32 Å². The monoisotopic (exact) mass is 391 g/mol. The summed E-state index contributed by atoms with van der Waals surface area (Å²) < 4.78 is 0. The van der Waals surface area contributed by atoms with Crippen LogP contribution in [0.5, 0.6) is 0 Å². The van der Waals surface area contributed by atoms with E-state index in [-0.39, 0.29) is 11.9 Å². The average Bonchev–Trinajstić information content (AvgIpc) is 2.83. The highest BCUT2D eigenvalue weighted by Gasteiger charge is 2.19. The molecule has 2 heteroatoms.